The van der Waals surface area contributed by atoms with E-state index in [1.807, 2.05) is 17.0 Å². The number of carbonyl (C=O) groups is 1. The van der Waals surface area contributed by atoms with Crippen molar-refractivity contribution in [3.63, 3.8) is 0 Å². The summed E-state index contributed by atoms with van der Waals surface area (Å²) >= 11 is 0. The second-order valence-electron chi connectivity index (χ2n) is 7.36. The van der Waals surface area contributed by atoms with Crippen molar-refractivity contribution in [1.29, 1.82) is 0 Å². The highest BCUT2D eigenvalue weighted by Gasteiger charge is 2.24. The fraction of sp³-hybridized carbons (Fsp3) is 0.227. The summed E-state index contributed by atoms with van der Waals surface area (Å²) in [7, 11) is -3.37. The smallest absolute Gasteiger partial charge is 0.254 e. The highest BCUT2D eigenvalue weighted by molar-refractivity contribution is 7.90. The quantitative estimate of drug-likeness (QED) is 0.620. The summed E-state index contributed by atoms with van der Waals surface area (Å²) in [6.45, 7) is 2.15. The number of hydrogen-bond donors (Lipinski definition) is 0. The molecule has 0 unspecified atom stereocenters. The minimum absolute atomic E-state index is 0.133. The molecule has 2 aromatic carbocycles. The van der Waals surface area contributed by atoms with Gasteiger partial charge in [-0.25, -0.2) is 12.8 Å². The van der Waals surface area contributed by atoms with Crippen molar-refractivity contribution in [3.05, 3.63) is 72.0 Å². The Labute approximate surface area is 180 Å². The van der Waals surface area contributed by atoms with Crippen LogP contribution in [0.3, 0.4) is 0 Å². The Balaban J connectivity index is 1.40. The molecule has 0 N–H and O–H groups in total. The number of amides is 1. The molecule has 0 saturated carbocycles. The van der Waals surface area contributed by atoms with Gasteiger partial charge in [0.25, 0.3) is 5.91 Å². The first-order valence-corrected chi connectivity index (χ1v) is 11.6. The molecule has 1 aromatic heterocycles. The largest absolute Gasteiger partial charge is 0.352 e. The van der Waals surface area contributed by atoms with Crippen LogP contribution in [0.1, 0.15) is 10.4 Å². The minimum Gasteiger partial charge on any atom is -0.352 e. The second kappa shape index (κ2) is 8.43. The predicted molar refractivity (Wildman–Crippen MR) is 115 cm³/mol. The Morgan fingerprint density at radius 1 is 0.935 bits per heavy atom. The van der Waals surface area contributed by atoms with E-state index < -0.39 is 9.84 Å². The molecule has 2 heterocycles. The average molecular weight is 441 g/mol. The third kappa shape index (κ3) is 4.72. The molecule has 1 saturated heterocycles. The van der Waals surface area contributed by atoms with Gasteiger partial charge in [-0.05, 0) is 54.6 Å². The van der Waals surface area contributed by atoms with Crippen molar-refractivity contribution in [3.8, 4) is 11.3 Å². The zero-order valence-corrected chi connectivity index (χ0v) is 17.7. The Morgan fingerprint density at radius 2 is 1.65 bits per heavy atom. The summed E-state index contributed by atoms with van der Waals surface area (Å²) in [5.41, 5.74) is 1.80. The van der Waals surface area contributed by atoms with Crippen LogP contribution in [0.4, 0.5) is 10.2 Å². The van der Waals surface area contributed by atoms with Gasteiger partial charge >= 0.3 is 0 Å². The fourth-order valence-corrected chi connectivity index (χ4v) is 4.12. The van der Waals surface area contributed by atoms with Gasteiger partial charge in [-0.15, -0.1) is 10.2 Å². The number of halogens is 1. The number of carbonyl (C=O) groups excluding carboxylic acids is 1. The Hall–Kier alpha value is -3.33. The number of hydrogen-bond acceptors (Lipinski definition) is 6. The Kier molecular flexibility index (Phi) is 5.69. The summed E-state index contributed by atoms with van der Waals surface area (Å²) in [4.78, 5) is 16.7. The van der Waals surface area contributed by atoms with Crippen LogP contribution in [-0.4, -0.2) is 61.9 Å². The van der Waals surface area contributed by atoms with Crippen molar-refractivity contribution in [2.24, 2.45) is 0 Å². The molecule has 7 nitrogen and oxygen atoms in total. The van der Waals surface area contributed by atoms with Crippen molar-refractivity contribution >= 4 is 21.6 Å². The molecule has 0 spiro atoms. The van der Waals surface area contributed by atoms with E-state index in [0.717, 1.165) is 11.8 Å². The summed E-state index contributed by atoms with van der Waals surface area (Å²) in [6, 6.07) is 15.9. The van der Waals surface area contributed by atoms with Crippen LogP contribution in [0.15, 0.2) is 65.6 Å². The first-order chi connectivity index (χ1) is 14.8. The van der Waals surface area contributed by atoms with Gasteiger partial charge in [0.1, 0.15) is 5.82 Å². The van der Waals surface area contributed by atoms with Gasteiger partial charge in [-0.1, -0.05) is 6.07 Å². The van der Waals surface area contributed by atoms with Crippen LogP contribution >= 0.6 is 0 Å². The van der Waals surface area contributed by atoms with E-state index in [9.17, 15) is 17.6 Å². The molecule has 0 radical (unpaired) electrons. The molecule has 4 rings (SSSR count). The minimum atomic E-state index is -3.37. The van der Waals surface area contributed by atoms with Gasteiger partial charge in [0.05, 0.1) is 10.6 Å². The number of sulfone groups is 1. The highest BCUT2D eigenvalue weighted by Crippen LogP contribution is 2.20. The van der Waals surface area contributed by atoms with Crippen molar-refractivity contribution < 1.29 is 17.6 Å². The number of nitrogens with zero attached hydrogens (tertiary/aromatic N) is 4. The molecule has 31 heavy (non-hydrogen) atoms. The Morgan fingerprint density at radius 3 is 2.26 bits per heavy atom. The van der Waals surface area contributed by atoms with E-state index in [4.69, 9.17) is 0 Å². The summed E-state index contributed by atoms with van der Waals surface area (Å²) in [5.74, 6) is 0.212. The maximum Gasteiger partial charge on any atom is 0.254 e. The van der Waals surface area contributed by atoms with Gasteiger partial charge in [0.15, 0.2) is 15.7 Å². The topological polar surface area (TPSA) is 83.5 Å². The van der Waals surface area contributed by atoms with E-state index in [1.54, 1.807) is 29.2 Å². The molecule has 9 heteroatoms. The molecule has 1 aliphatic rings. The first kappa shape index (κ1) is 20.9. The average Bonchev–Trinajstić information content (AvgIpc) is 2.79. The molecule has 1 fully saturated rings. The molecule has 0 aliphatic carbocycles. The SMILES string of the molecule is CS(=O)(=O)c1cccc(C(=O)N2CCN(c3ccc(-c4ccc(F)cc4)nn3)CC2)c1. The number of aromatic nitrogens is 2. The lowest BCUT2D eigenvalue weighted by atomic mass is 10.1. The van der Waals surface area contributed by atoms with E-state index >= 15 is 0 Å². The van der Waals surface area contributed by atoms with Crippen LogP contribution in [0.5, 0.6) is 0 Å². The molecular weight excluding hydrogens is 419 g/mol. The van der Waals surface area contributed by atoms with Gasteiger partial charge in [0, 0.05) is 43.6 Å². The standard InChI is InChI=1S/C22H21FN4O3S/c1-31(29,30)19-4-2-3-17(15-19)22(28)27-13-11-26(12-14-27)21-10-9-20(24-25-21)16-5-7-18(23)8-6-16/h2-10,15H,11-14H2,1H3. The van der Waals surface area contributed by atoms with Crippen LogP contribution in [0.2, 0.25) is 0 Å². The zero-order valence-electron chi connectivity index (χ0n) is 16.9. The van der Waals surface area contributed by atoms with E-state index in [-0.39, 0.29) is 16.6 Å². The molecule has 0 bridgehead atoms. The van der Waals surface area contributed by atoms with E-state index in [0.29, 0.717) is 43.3 Å². The lowest BCUT2D eigenvalue weighted by Crippen LogP contribution is -2.49. The third-order valence-electron chi connectivity index (χ3n) is 5.19. The predicted octanol–water partition coefficient (Wildman–Crippen LogP) is 2.65. The van der Waals surface area contributed by atoms with Crippen molar-refractivity contribution in [2.75, 3.05) is 37.3 Å². The Bertz CT molecular complexity index is 1190. The second-order valence-corrected chi connectivity index (χ2v) is 9.38. The number of piperazine rings is 1. The summed E-state index contributed by atoms with van der Waals surface area (Å²) in [5, 5.41) is 8.52. The molecule has 0 atom stereocenters. The van der Waals surface area contributed by atoms with Gasteiger partial charge < -0.3 is 9.80 Å². The van der Waals surface area contributed by atoms with Crippen LogP contribution in [0.25, 0.3) is 11.3 Å². The lowest BCUT2D eigenvalue weighted by molar-refractivity contribution is 0.0746. The van der Waals surface area contributed by atoms with Gasteiger partial charge in [0.2, 0.25) is 0 Å². The maximum absolute atomic E-state index is 13.1. The molecule has 1 aliphatic heterocycles. The lowest BCUT2D eigenvalue weighted by Gasteiger charge is -2.35. The third-order valence-corrected chi connectivity index (χ3v) is 6.30. The van der Waals surface area contributed by atoms with Crippen LogP contribution < -0.4 is 4.90 Å². The monoisotopic (exact) mass is 440 g/mol. The number of benzene rings is 2. The van der Waals surface area contributed by atoms with Crippen LogP contribution in [-0.2, 0) is 9.84 Å². The normalized spacial score (nSPS) is 14.5. The summed E-state index contributed by atoms with van der Waals surface area (Å²) in [6.07, 6.45) is 1.12. The first-order valence-electron chi connectivity index (χ1n) is 9.75. The zero-order chi connectivity index (χ0) is 22.0. The maximum atomic E-state index is 13.1. The summed E-state index contributed by atoms with van der Waals surface area (Å²) < 4.78 is 36.6. The van der Waals surface area contributed by atoms with E-state index in [2.05, 4.69) is 10.2 Å². The fourth-order valence-electron chi connectivity index (χ4n) is 3.45. The molecule has 3 aromatic rings. The molecule has 160 valence electrons. The number of anilines is 1. The number of rotatable bonds is 4. The van der Waals surface area contributed by atoms with Gasteiger partial charge in [-0.2, -0.15) is 0 Å². The highest BCUT2D eigenvalue weighted by atomic mass is 32.2. The van der Waals surface area contributed by atoms with Gasteiger partial charge in [-0.3, -0.25) is 4.79 Å². The molecule has 1 amide bonds. The van der Waals surface area contributed by atoms with Crippen molar-refractivity contribution in [2.45, 2.75) is 4.90 Å². The van der Waals surface area contributed by atoms with Crippen LogP contribution in [0, 0.1) is 5.82 Å². The molecular formula is C22H21FN4O3S. The van der Waals surface area contributed by atoms with Crippen molar-refractivity contribution in [1.82, 2.24) is 15.1 Å². The van der Waals surface area contributed by atoms with E-state index in [1.165, 1.54) is 24.3 Å².